The molecule has 0 amide bonds. The molecule has 1 aliphatic heterocycles. The van der Waals surface area contributed by atoms with Crippen LogP contribution in [0.3, 0.4) is 0 Å². The third-order valence-corrected chi connectivity index (χ3v) is 4.59. The van der Waals surface area contributed by atoms with Gasteiger partial charge in [0, 0.05) is 0 Å². The van der Waals surface area contributed by atoms with Gasteiger partial charge in [-0.25, -0.2) is 0 Å². The second-order valence-electron chi connectivity index (χ2n) is 1.20. The normalized spacial score (nSPS) is 29.6. The Kier molecular flexibility index (Phi) is 2.43. The van der Waals surface area contributed by atoms with Gasteiger partial charge in [-0.15, -0.1) is 0 Å². The van der Waals surface area contributed by atoms with Crippen molar-refractivity contribution in [2.45, 2.75) is 2.82 Å². The minimum absolute atomic E-state index is 0.357. The van der Waals surface area contributed by atoms with E-state index >= 15 is 0 Å². The summed E-state index contributed by atoms with van der Waals surface area (Å²) >= 11 is 3.04. The van der Waals surface area contributed by atoms with Crippen molar-refractivity contribution in [3.63, 3.8) is 0 Å². The molecule has 0 aromatic rings. The van der Waals surface area contributed by atoms with E-state index in [4.69, 9.17) is 0 Å². The second-order valence-corrected chi connectivity index (χ2v) is 7.29. The number of halogens is 1. The third-order valence-electron chi connectivity index (χ3n) is 0.656. The van der Waals surface area contributed by atoms with Crippen molar-refractivity contribution in [2.75, 3.05) is 0 Å². The second kappa shape index (κ2) is 2.90. The van der Waals surface area contributed by atoms with E-state index in [2.05, 4.69) is 38.3 Å². The first-order chi connectivity index (χ1) is 3.39. The van der Waals surface area contributed by atoms with Crippen LogP contribution in [0.5, 0.6) is 0 Å². The molecule has 1 rings (SSSR count). The van der Waals surface area contributed by atoms with E-state index in [-0.39, 0.29) is 0 Å². The van der Waals surface area contributed by atoms with E-state index in [1.54, 1.807) is 0 Å². The van der Waals surface area contributed by atoms with Crippen LogP contribution in [0.1, 0.15) is 0 Å². The molecule has 0 aliphatic carbocycles. The number of alkyl halides is 1. The number of hydrogen-bond acceptors (Lipinski definition) is 0. The molecule has 0 fully saturated rings. The van der Waals surface area contributed by atoms with Crippen LogP contribution in [-0.4, -0.2) is 18.8 Å². The van der Waals surface area contributed by atoms with Crippen LogP contribution in [0.15, 0.2) is 22.3 Å². The number of rotatable bonds is 0. The quantitative estimate of drug-likeness (QED) is 0.257. The number of allylic oxidation sites excluding steroid dienone is 3. The fourth-order valence-electron chi connectivity index (χ4n) is 0.356. The first-order valence-corrected chi connectivity index (χ1v) is 5.60. The van der Waals surface area contributed by atoms with E-state index in [1.165, 1.54) is 0 Å². The fourth-order valence-corrected chi connectivity index (χ4v) is 2.86. The first-order valence-electron chi connectivity index (χ1n) is 2.03. The average Bonchev–Trinajstić information content (AvgIpc) is 1.69. The van der Waals surface area contributed by atoms with Crippen molar-refractivity contribution in [3.05, 3.63) is 22.3 Å². The van der Waals surface area contributed by atoms with Crippen LogP contribution >= 0.6 is 0 Å². The monoisotopic (exact) mass is 273 g/mol. The zero-order chi connectivity index (χ0) is 5.11. The predicted molar refractivity (Wildman–Crippen MR) is 29.2 cm³/mol. The predicted octanol–water partition coefficient (Wildman–Crippen LogP) is -2.61. The maximum atomic E-state index is 2.68. The van der Waals surface area contributed by atoms with E-state index in [1.807, 2.05) is 0 Å². The Morgan fingerprint density at radius 3 is 2.57 bits per heavy atom. The Hall–Kier alpha value is 0.729. The van der Waals surface area contributed by atoms with Gasteiger partial charge in [-0.3, -0.25) is 0 Å². The molecule has 0 saturated carbocycles. The summed E-state index contributed by atoms with van der Waals surface area (Å²) in [5.74, 6) is 0. The fraction of sp³-hybridized carbons (Fsp3) is 0.200. The molecule has 0 spiro atoms. The molecule has 0 aromatic heterocycles. The first kappa shape index (κ1) is 5.86. The van der Waals surface area contributed by atoms with E-state index in [0.717, 1.165) is 2.82 Å². The van der Waals surface area contributed by atoms with E-state index in [9.17, 15) is 0 Å². The summed E-state index contributed by atoms with van der Waals surface area (Å²) in [5.41, 5.74) is 0. The molecule has 0 radical (unpaired) electrons. The number of hydrogen-bond donors (Lipinski definition) is 0. The molecule has 2 heteroatoms. The van der Waals surface area contributed by atoms with Gasteiger partial charge in [0.2, 0.25) is 0 Å². The Balaban J connectivity index is 2.49. The summed E-state index contributed by atoms with van der Waals surface area (Å²) in [7, 11) is 0. The summed E-state index contributed by atoms with van der Waals surface area (Å²) in [4.78, 5) is 0. The molecule has 1 unspecified atom stereocenters. The molecular weight excluding hydrogens is 266 g/mol. The summed E-state index contributed by atoms with van der Waals surface area (Å²) in [6, 6.07) is 0. The molecular formula is C5H6ISe-. The third kappa shape index (κ3) is 1.98. The molecule has 1 heterocycles. The molecule has 0 N–H and O–H groups in total. The van der Waals surface area contributed by atoms with Gasteiger partial charge < -0.3 is 0 Å². The van der Waals surface area contributed by atoms with Crippen LogP contribution in [0, 0.1) is 0 Å². The minimum atomic E-state index is 0.357. The van der Waals surface area contributed by atoms with Crippen molar-refractivity contribution >= 4 is 16.0 Å². The molecule has 40 valence electrons. The van der Waals surface area contributed by atoms with Crippen LogP contribution in [-0.2, 0) is 0 Å². The van der Waals surface area contributed by atoms with Gasteiger partial charge in [-0.05, 0) is 0 Å². The van der Waals surface area contributed by atoms with Gasteiger partial charge in [0.25, 0.3) is 0 Å². The van der Waals surface area contributed by atoms with Gasteiger partial charge in [0.1, 0.15) is 0 Å². The van der Waals surface area contributed by atoms with E-state index in [0.29, 0.717) is 21.2 Å². The van der Waals surface area contributed by atoms with Crippen LogP contribution in [0.25, 0.3) is 0 Å². The van der Waals surface area contributed by atoms with Crippen molar-refractivity contribution < 1.29 is 21.2 Å². The van der Waals surface area contributed by atoms with Crippen LogP contribution in [0.2, 0.25) is 0 Å². The summed E-state index contributed by atoms with van der Waals surface area (Å²) in [6.45, 7) is 0. The summed E-state index contributed by atoms with van der Waals surface area (Å²) in [5, 5.41) is 0. The van der Waals surface area contributed by atoms with Crippen molar-refractivity contribution in [3.8, 4) is 0 Å². The summed E-state index contributed by atoms with van der Waals surface area (Å²) < 4.78 is 3.11. The molecule has 1 aliphatic rings. The maximum absolute atomic E-state index is 2.68. The van der Waals surface area contributed by atoms with Gasteiger partial charge in [0.15, 0.2) is 0 Å². The van der Waals surface area contributed by atoms with Crippen LogP contribution < -0.4 is 21.2 Å². The van der Waals surface area contributed by atoms with Crippen molar-refractivity contribution in [1.82, 2.24) is 0 Å². The Bertz CT molecular complexity index is 107. The molecule has 0 nitrogen and oxygen atoms in total. The Labute approximate surface area is 62.1 Å². The summed E-state index contributed by atoms with van der Waals surface area (Å²) in [6.07, 6.45) is 6.50. The standard InChI is InChI=1S/C5H6ISe/c7-5-3-1-2-4-6-5/h1-5,7H/q-1. The molecule has 0 aromatic carbocycles. The van der Waals surface area contributed by atoms with Gasteiger partial charge >= 0.3 is 62.4 Å². The zero-order valence-corrected chi connectivity index (χ0v) is 7.75. The van der Waals surface area contributed by atoms with Crippen molar-refractivity contribution in [2.24, 2.45) is 0 Å². The molecule has 7 heavy (non-hydrogen) atoms. The topological polar surface area (TPSA) is 0 Å². The Morgan fingerprint density at radius 1 is 1.43 bits per heavy atom. The molecule has 0 saturated heterocycles. The van der Waals surface area contributed by atoms with Gasteiger partial charge in [-0.2, -0.15) is 0 Å². The molecule has 1 atom stereocenters. The van der Waals surface area contributed by atoms with Crippen LogP contribution in [0.4, 0.5) is 0 Å². The van der Waals surface area contributed by atoms with Gasteiger partial charge in [0.05, 0.1) is 0 Å². The zero-order valence-electron chi connectivity index (χ0n) is 3.71. The average molecular weight is 272 g/mol. The molecule has 0 bridgehead atoms. The van der Waals surface area contributed by atoms with Crippen molar-refractivity contribution in [1.29, 1.82) is 0 Å². The van der Waals surface area contributed by atoms with Gasteiger partial charge in [-0.1, -0.05) is 0 Å². The Morgan fingerprint density at radius 2 is 2.29 bits per heavy atom. The SMILES string of the molecule is [SeH]C1C=CC=C[I-]1. The van der Waals surface area contributed by atoms with E-state index < -0.39 is 0 Å².